The molecule has 0 aromatic heterocycles. The Morgan fingerprint density at radius 2 is 1.46 bits per heavy atom. The van der Waals surface area contributed by atoms with Crippen molar-refractivity contribution in [3.05, 3.63) is 133 Å². The summed E-state index contributed by atoms with van der Waals surface area (Å²) in [5.74, 6) is 2.01. The van der Waals surface area contributed by atoms with Crippen LogP contribution in [0.1, 0.15) is 38.2 Å². The van der Waals surface area contributed by atoms with E-state index in [0.29, 0.717) is 42.7 Å². The van der Waals surface area contributed by atoms with Crippen molar-refractivity contribution >= 4 is 29.0 Å². The molecule has 2 heterocycles. The third-order valence-electron chi connectivity index (χ3n) is 9.02. The van der Waals surface area contributed by atoms with Gasteiger partial charge in [0.2, 0.25) is 11.8 Å². The number of ether oxygens (including phenoxy) is 3. The first-order valence-electron chi connectivity index (χ1n) is 17.0. The van der Waals surface area contributed by atoms with Crippen molar-refractivity contribution in [1.82, 2.24) is 9.80 Å². The zero-order chi connectivity index (χ0) is 35.5. The number of hydrogen-bond donors (Lipinski definition) is 0. The Morgan fingerprint density at radius 1 is 0.800 bits per heavy atom. The number of piperidine rings is 2. The maximum atomic E-state index is 12.9. The van der Waals surface area contributed by atoms with Crippen molar-refractivity contribution in [2.75, 3.05) is 33.3 Å². The predicted molar refractivity (Wildman–Crippen MR) is 202 cm³/mol. The molecule has 7 nitrogen and oxygen atoms in total. The molecule has 0 radical (unpaired) electrons. The quantitative estimate of drug-likeness (QED) is 0.140. The summed E-state index contributed by atoms with van der Waals surface area (Å²) in [6.45, 7) is 12.2. The third kappa shape index (κ3) is 9.79. The molecule has 0 unspecified atom stereocenters. The van der Waals surface area contributed by atoms with Gasteiger partial charge in [-0.1, -0.05) is 85.5 Å². The van der Waals surface area contributed by atoms with E-state index in [4.69, 9.17) is 25.8 Å². The average molecular weight is 693 g/mol. The van der Waals surface area contributed by atoms with Gasteiger partial charge in [-0.3, -0.25) is 9.59 Å². The number of nitrogens with zero attached hydrogens (tertiary/aromatic N) is 2. The van der Waals surface area contributed by atoms with Crippen molar-refractivity contribution in [2.45, 2.75) is 44.8 Å². The summed E-state index contributed by atoms with van der Waals surface area (Å²) in [6, 6.07) is 21.7. The van der Waals surface area contributed by atoms with E-state index in [1.54, 1.807) is 24.2 Å². The molecule has 8 heteroatoms. The maximum absolute atomic E-state index is 12.9. The molecule has 0 aliphatic carbocycles. The molecule has 5 rings (SSSR count). The van der Waals surface area contributed by atoms with Crippen LogP contribution in [-0.2, 0) is 9.59 Å². The number of likely N-dealkylation sites (tertiary alicyclic amines) is 2. The van der Waals surface area contributed by atoms with E-state index in [0.717, 1.165) is 59.3 Å². The molecular formula is C42H45ClN2O5. The maximum Gasteiger partial charge on any atom is 0.246 e. The van der Waals surface area contributed by atoms with Gasteiger partial charge in [0.25, 0.3) is 0 Å². The van der Waals surface area contributed by atoms with Gasteiger partial charge in [-0.25, -0.2) is 0 Å². The lowest BCUT2D eigenvalue weighted by molar-refractivity contribution is -0.128. The van der Waals surface area contributed by atoms with Gasteiger partial charge in [0.15, 0.2) is 11.5 Å². The number of amides is 2. The van der Waals surface area contributed by atoms with Gasteiger partial charge in [-0.2, -0.15) is 0 Å². The molecule has 0 bridgehead atoms. The highest BCUT2D eigenvalue weighted by Crippen LogP contribution is 2.34. The summed E-state index contributed by atoms with van der Waals surface area (Å²) in [7, 11) is 1.63. The van der Waals surface area contributed by atoms with Gasteiger partial charge in [-0.15, -0.1) is 0 Å². The molecule has 0 N–H and O–H groups in total. The lowest BCUT2D eigenvalue weighted by Crippen LogP contribution is -2.41. The predicted octanol–water partition coefficient (Wildman–Crippen LogP) is 8.71. The van der Waals surface area contributed by atoms with E-state index in [1.165, 1.54) is 6.08 Å². The number of rotatable bonds is 12. The van der Waals surface area contributed by atoms with Crippen LogP contribution in [0.2, 0.25) is 5.02 Å². The second kappa shape index (κ2) is 17.6. The van der Waals surface area contributed by atoms with Crippen LogP contribution < -0.4 is 14.2 Å². The van der Waals surface area contributed by atoms with E-state index in [1.807, 2.05) is 96.8 Å². The SMILES string of the molecule is C=CC(=O)N1CCC(Oc2ccc(/C(C)=C/C=C\C(=C)/C=C/C(=O)N3CCC(Oc4ccc(-c5ccccc5)c(Cl)c4)CC3)cc2OC)CC1. The van der Waals surface area contributed by atoms with Gasteiger partial charge >= 0.3 is 0 Å². The van der Waals surface area contributed by atoms with Crippen molar-refractivity contribution in [1.29, 1.82) is 0 Å². The van der Waals surface area contributed by atoms with Crippen LogP contribution >= 0.6 is 11.6 Å². The first kappa shape index (κ1) is 36.3. The smallest absolute Gasteiger partial charge is 0.246 e. The summed E-state index contributed by atoms with van der Waals surface area (Å²) in [5, 5.41) is 0.652. The normalized spacial score (nSPS) is 16.1. The monoisotopic (exact) mass is 692 g/mol. The lowest BCUT2D eigenvalue weighted by Gasteiger charge is -2.31. The zero-order valence-electron chi connectivity index (χ0n) is 28.9. The van der Waals surface area contributed by atoms with Gasteiger partial charge in [0, 0.05) is 63.5 Å². The summed E-state index contributed by atoms with van der Waals surface area (Å²) in [6.07, 6.45) is 13.5. The fraction of sp³-hybridized carbons (Fsp3) is 0.286. The molecule has 3 aromatic carbocycles. The second-order valence-electron chi connectivity index (χ2n) is 12.5. The lowest BCUT2D eigenvalue weighted by atomic mass is 10.1. The Hall–Kier alpha value is -5.01. The average Bonchev–Trinajstić information content (AvgIpc) is 3.14. The van der Waals surface area contributed by atoms with Crippen LogP contribution in [0.25, 0.3) is 16.7 Å². The standard InChI is InChI=1S/C42H45ClN2O5/c1-5-41(46)44-24-22-35(23-25-44)50-39-18-15-33(28-40(39)48-4)31(3)11-9-10-30(2)14-19-42(47)45-26-20-34(21-27-45)49-36-16-17-37(38(43)29-36)32-12-7-6-8-13-32/h5-19,28-29,34-35H,1-2,20-27H2,3-4H3/b10-9-,19-14+,31-11+. The van der Waals surface area contributed by atoms with E-state index in [2.05, 4.69) is 13.2 Å². The Morgan fingerprint density at radius 3 is 2.10 bits per heavy atom. The van der Waals surface area contributed by atoms with Crippen LogP contribution in [0.5, 0.6) is 17.2 Å². The molecule has 2 saturated heterocycles. The zero-order valence-corrected chi connectivity index (χ0v) is 29.6. The summed E-state index contributed by atoms with van der Waals surface area (Å²) >= 11 is 6.56. The Balaban J connectivity index is 1.06. The minimum absolute atomic E-state index is 0.0179. The van der Waals surface area contributed by atoms with Gasteiger partial charge < -0.3 is 24.0 Å². The van der Waals surface area contributed by atoms with Crippen LogP contribution in [0, 0.1) is 0 Å². The topological polar surface area (TPSA) is 68.3 Å². The fourth-order valence-corrected chi connectivity index (χ4v) is 6.35. The second-order valence-corrected chi connectivity index (χ2v) is 12.9. The Kier molecular flexibility index (Phi) is 12.8. The minimum atomic E-state index is -0.0403. The minimum Gasteiger partial charge on any atom is -0.493 e. The van der Waals surface area contributed by atoms with E-state index >= 15 is 0 Å². The van der Waals surface area contributed by atoms with Gasteiger partial charge in [0.1, 0.15) is 18.0 Å². The molecule has 0 saturated carbocycles. The van der Waals surface area contributed by atoms with Crippen molar-refractivity contribution in [3.8, 4) is 28.4 Å². The molecule has 3 aromatic rings. The van der Waals surface area contributed by atoms with Crippen LogP contribution in [0.15, 0.2) is 122 Å². The number of carbonyl (C=O) groups is 2. The fourth-order valence-electron chi connectivity index (χ4n) is 6.07. The molecule has 2 aliphatic rings. The first-order valence-corrected chi connectivity index (χ1v) is 17.4. The van der Waals surface area contributed by atoms with Crippen molar-refractivity contribution in [2.24, 2.45) is 0 Å². The van der Waals surface area contributed by atoms with E-state index in [-0.39, 0.29) is 24.0 Å². The molecule has 50 heavy (non-hydrogen) atoms. The molecule has 0 atom stereocenters. The summed E-state index contributed by atoms with van der Waals surface area (Å²) in [4.78, 5) is 28.4. The number of halogens is 1. The number of methoxy groups -OCH3 is 1. The largest absolute Gasteiger partial charge is 0.493 e. The van der Waals surface area contributed by atoms with Crippen LogP contribution in [0.3, 0.4) is 0 Å². The van der Waals surface area contributed by atoms with Crippen LogP contribution in [0.4, 0.5) is 0 Å². The highest BCUT2D eigenvalue weighted by molar-refractivity contribution is 6.33. The molecule has 260 valence electrons. The summed E-state index contributed by atoms with van der Waals surface area (Å²) < 4.78 is 18.1. The van der Waals surface area contributed by atoms with E-state index < -0.39 is 0 Å². The molecular weight excluding hydrogens is 648 g/mol. The van der Waals surface area contributed by atoms with Crippen LogP contribution in [-0.4, -0.2) is 67.1 Å². The van der Waals surface area contributed by atoms with Crippen molar-refractivity contribution in [3.63, 3.8) is 0 Å². The Labute approximate surface area is 300 Å². The van der Waals surface area contributed by atoms with Crippen molar-refractivity contribution < 1.29 is 23.8 Å². The highest BCUT2D eigenvalue weighted by Gasteiger charge is 2.24. The number of carbonyl (C=O) groups excluding carboxylic acids is 2. The van der Waals surface area contributed by atoms with Gasteiger partial charge in [0.05, 0.1) is 12.1 Å². The molecule has 0 spiro atoms. The molecule has 2 fully saturated rings. The molecule has 2 amide bonds. The number of allylic oxidation sites excluding steroid dienone is 6. The summed E-state index contributed by atoms with van der Waals surface area (Å²) in [5.41, 5.74) is 4.80. The highest BCUT2D eigenvalue weighted by atomic mass is 35.5. The first-order chi connectivity index (χ1) is 24.2. The van der Waals surface area contributed by atoms with Gasteiger partial charge in [-0.05, 0) is 65.6 Å². The Bertz CT molecular complexity index is 1760. The van der Waals surface area contributed by atoms with E-state index in [9.17, 15) is 9.59 Å². The number of benzene rings is 3. The molecule has 2 aliphatic heterocycles. The third-order valence-corrected chi connectivity index (χ3v) is 9.33. The number of hydrogen-bond acceptors (Lipinski definition) is 5.